The van der Waals surface area contributed by atoms with Crippen molar-refractivity contribution in [2.45, 2.75) is 45.4 Å². The van der Waals surface area contributed by atoms with E-state index >= 15 is 0 Å². The Morgan fingerprint density at radius 1 is 1.18 bits per heavy atom. The second kappa shape index (κ2) is 11.1. The maximum atomic E-state index is 11.7. The van der Waals surface area contributed by atoms with Gasteiger partial charge in [-0.3, -0.25) is 4.68 Å². The van der Waals surface area contributed by atoms with Gasteiger partial charge in [0.1, 0.15) is 16.8 Å². The highest BCUT2D eigenvalue weighted by Crippen LogP contribution is 2.26. The molecule has 0 spiro atoms. The molecular weight excluding hydrogens is 524 g/mol. The summed E-state index contributed by atoms with van der Waals surface area (Å²) in [5, 5.41) is 15.2. The molecule has 3 aromatic heterocycles. The Kier molecular flexibility index (Phi) is 7.63. The van der Waals surface area contributed by atoms with Crippen LogP contribution in [0.25, 0.3) is 11.0 Å². The number of nitrogen functional groups attached to an aromatic ring is 1. The zero-order valence-electron chi connectivity index (χ0n) is 22.1. The van der Waals surface area contributed by atoms with Gasteiger partial charge in [-0.25, -0.2) is 17.7 Å². The molecule has 5 rings (SSSR count). The lowest BCUT2D eigenvalue weighted by molar-refractivity contribution is 0.290. The van der Waals surface area contributed by atoms with Crippen molar-refractivity contribution in [3.05, 3.63) is 47.2 Å². The Labute approximate surface area is 226 Å². The topological polar surface area (TPSA) is 179 Å². The van der Waals surface area contributed by atoms with Crippen LogP contribution in [0.1, 0.15) is 35.7 Å². The first kappa shape index (κ1) is 26.8. The van der Waals surface area contributed by atoms with E-state index in [0.717, 1.165) is 29.7 Å². The molecule has 0 aliphatic carbocycles. The van der Waals surface area contributed by atoms with Gasteiger partial charge in [0.2, 0.25) is 21.9 Å². The predicted octanol–water partition coefficient (Wildman–Crippen LogP) is 1.28. The molecule has 15 heteroatoms. The van der Waals surface area contributed by atoms with Crippen molar-refractivity contribution < 1.29 is 17.7 Å². The monoisotopic (exact) mass is 556 g/mol. The summed E-state index contributed by atoms with van der Waals surface area (Å²) in [4.78, 5) is 12.9. The lowest BCUT2D eigenvalue weighted by Gasteiger charge is -2.30. The van der Waals surface area contributed by atoms with Gasteiger partial charge >= 0.3 is 0 Å². The number of nitrogens with two attached hydrogens (primary N) is 1. The standard InChI is InChI=1S/C24H32N10O4S/c1-15-29-21(32-38-15)13-27-23-22-19(30-24(25)31-23)12-28-34(22)14-17-5-4-16(10-20(17)37-2)11-26-18-6-8-33(9-7-18)39(3,35)36/h4-5,10,12,18,26H,6-9,11,13-14H2,1-3H3,(H3,25,27,30,31). The van der Waals surface area contributed by atoms with Crippen LogP contribution in [0.5, 0.6) is 5.75 Å². The lowest BCUT2D eigenvalue weighted by atomic mass is 10.1. The highest BCUT2D eigenvalue weighted by Gasteiger charge is 2.24. The number of sulfonamides is 1. The molecule has 1 aromatic carbocycles. The van der Waals surface area contributed by atoms with E-state index in [1.807, 2.05) is 12.1 Å². The lowest BCUT2D eigenvalue weighted by Crippen LogP contribution is -2.44. The predicted molar refractivity (Wildman–Crippen MR) is 144 cm³/mol. The van der Waals surface area contributed by atoms with E-state index in [2.05, 4.69) is 41.9 Å². The number of hydrogen-bond acceptors (Lipinski definition) is 12. The van der Waals surface area contributed by atoms with Gasteiger partial charge in [-0.1, -0.05) is 17.3 Å². The number of benzene rings is 1. The number of rotatable bonds is 10. The van der Waals surface area contributed by atoms with Crippen molar-refractivity contribution in [2.24, 2.45) is 0 Å². The fraction of sp³-hybridized carbons (Fsp3) is 0.458. The number of aromatic nitrogens is 6. The number of nitrogens with one attached hydrogen (secondary N) is 2. The number of piperidine rings is 1. The minimum absolute atomic E-state index is 0.130. The summed E-state index contributed by atoms with van der Waals surface area (Å²) in [5.74, 6) is 2.35. The number of anilines is 2. The van der Waals surface area contributed by atoms with Crippen LogP contribution in [0.2, 0.25) is 0 Å². The number of ether oxygens (including phenoxy) is 1. The zero-order chi connectivity index (χ0) is 27.6. The average molecular weight is 557 g/mol. The first-order chi connectivity index (χ1) is 18.7. The molecule has 0 amide bonds. The largest absolute Gasteiger partial charge is 0.496 e. The maximum absolute atomic E-state index is 11.7. The zero-order valence-corrected chi connectivity index (χ0v) is 22.9. The molecule has 1 saturated heterocycles. The molecule has 0 saturated carbocycles. The van der Waals surface area contributed by atoms with E-state index in [0.29, 0.717) is 61.3 Å². The van der Waals surface area contributed by atoms with E-state index in [4.69, 9.17) is 15.0 Å². The summed E-state index contributed by atoms with van der Waals surface area (Å²) >= 11 is 0. The number of hydrogen-bond donors (Lipinski definition) is 3. The molecular formula is C24H32N10O4S. The summed E-state index contributed by atoms with van der Waals surface area (Å²) in [7, 11) is -1.49. The normalized spacial score (nSPS) is 15.2. The molecule has 208 valence electrons. The Bertz CT molecular complexity index is 1560. The summed E-state index contributed by atoms with van der Waals surface area (Å²) < 4.78 is 37.6. The molecule has 1 aliphatic rings. The third kappa shape index (κ3) is 6.26. The number of fused-ring (bicyclic) bond motifs is 1. The molecule has 0 radical (unpaired) electrons. The number of aryl methyl sites for hydroxylation is 1. The van der Waals surface area contributed by atoms with Crippen LogP contribution in [0.15, 0.2) is 28.9 Å². The van der Waals surface area contributed by atoms with E-state index in [-0.39, 0.29) is 12.0 Å². The number of nitrogens with zero attached hydrogens (tertiary/aromatic N) is 7. The Balaban J connectivity index is 1.28. The van der Waals surface area contributed by atoms with Gasteiger partial charge in [-0.2, -0.15) is 15.1 Å². The van der Waals surface area contributed by atoms with Gasteiger partial charge in [-0.15, -0.1) is 0 Å². The van der Waals surface area contributed by atoms with E-state index in [1.54, 1.807) is 24.9 Å². The van der Waals surface area contributed by atoms with Crippen LogP contribution in [-0.2, 0) is 29.7 Å². The van der Waals surface area contributed by atoms with Crippen molar-refractivity contribution in [3.8, 4) is 5.75 Å². The maximum Gasteiger partial charge on any atom is 0.223 e. The highest BCUT2D eigenvalue weighted by molar-refractivity contribution is 7.88. The van der Waals surface area contributed by atoms with Gasteiger partial charge in [-0.05, 0) is 24.5 Å². The van der Waals surface area contributed by atoms with E-state index < -0.39 is 10.0 Å². The van der Waals surface area contributed by atoms with Gasteiger partial charge in [0.25, 0.3) is 0 Å². The second-order valence-electron chi connectivity index (χ2n) is 9.51. The summed E-state index contributed by atoms with van der Waals surface area (Å²) in [5.41, 5.74) is 9.23. The van der Waals surface area contributed by atoms with Crippen LogP contribution in [0.3, 0.4) is 0 Å². The van der Waals surface area contributed by atoms with Crippen LogP contribution in [0.4, 0.5) is 11.8 Å². The average Bonchev–Trinajstić information content (AvgIpc) is 3.51. The van der Waals surface area contributed by atoms with Gasteiger partial charge in [0.05, 0.1) is 32.7 Å². The first-order valence-electron chi connectivity index (χ1n) is 12.6. The Hall–Kier alpha value is -3.82. The van der Waals surface area contributed by atoms with E-state index in [9.17, 15) is 8.42 Å². The number of methoxy groups -OCH3 is 1. The minimum atomic E-state index is -3.13. The molecule has 4 heterocycles. The fourth-order valence-corrected chi connectivity index (χ4v) is 5.55. The molecule has 1 fully saturated rings. The fourth-order valence-electron chi connectivity index (χ4n) is 4.68. The molecule has 4 aromatic rings. The van der Waals surface area contributed by atoms with Gasteiger partial charge in [0.15, 0.2) is 11.6 Å². The second-order valence-corrected chi connectivity index (χ2v) is 11.5. The van der Waals surface area contributed by atoms with Crippen LogP contribution >= 0.6 is 0 Å². The van der Waals surface area contributed by atoms with Crippen molar-refractivity contribution in [1.82, 2.24) is 39.5 Å². The van der Waals surface area contributed by atoms with Crippen LogP contribution in [-0.4, -0.2) is 75.1 Å². The molecule has 1 aliphatic heterocycles. The van der Waals surface area contributed by atoms with Gasteiger partial charge < -0.3 is 25.6 Å². The summed E-state index contributed by atoms with van der Waals surface area (Å²) in [6.45, 7) is 4.18. The third-order valence-corrected chi connectivity index (χ3v) is 7.98. The van der Waals surface area contributed by atoms with Crippen LogP contribution in [0, 0.1) is 6.92 Å². The van der Waals surface area contributed by atoms with Crippen molar-refractivity contribution in [3.63, 3.8) is 0 Å². The first-order valence-corrected chi connectivity index (χ1v) is 14.4. The SMILES string of the molecule is COc1cc(CNC2CCN(S(C)(=O)=O)CC2)ccc1Cn1ncc2nc(N)nc(NCc3noc(C)n3)c21. The quantitative estimate of drug-likeness (QED) is 0.255. The van der Waals surface area contributed by atoms with Crippen molar-refractivity contribution >= 4 is 32.8 Å². The van der Waals surface area contributed by atoms with Crippen LogP contribution < -0.4 is 21.1 Å². The molecule has 0 atom stereocenters. The Morgan fingerprint density at radius 3 is 2.67 bits per heavy atom. The molecule has 0 unspecified atom stereocenters. The molecule has 4 N–H and O–H groups in total. The smallest absolute Gasteiger partial charge is 0.223 e. The van der Waals surface area contributed by atoms with Gasteiger partial charge in [0, 0.05) is 38.2 Å². The molecule has 39 heavy (non-hydrogen) atoms. The molecule has 14 nitrogen and oxygen atoms in total. The minimum Gasteiger partial charge on any atom is -0.496 e. The van der Waals surface area contributed by atoms with Crippen molar-refractivity contribution in [2.75, 3.05) is 37.5 Å². The van der Waals surface area contributed by atoms with E-state index in [1.165, 1.54) is 10.6 Å². The summed E-state index contributed by atoms with van der Waals surface area (Å²) in [6, 6.07) is 6.34. The van der Waals surface area contributed by atoms with Crippen molar-refractivity contribution in [1.29, 1.82) is 0 Å². The Morgan fingerprint density at radius 2 is 1.97 bits per heavy atom. The highest BCUT2D eigenvalue weighted by atomic mass is 32.2. The third-order valence-electron chi connectivity index (χ3n) is 6.68. The molecule has 0 bridgehead atoms. The summed E-state index contributed by atoms with van der Waals surface area (Å²) in [6.07, 6.45) is 4.47.